The second kappa shape index (κ2) is 0.469. The van der Waals surface area contributed by atoms with E-state index in [0.29, 0.717) is 0 Å². The third-order valence-electron chi connectivity index (χ3n) is 16.4. The summed E-state index contributed by atoms with van der Waals surface area (Å²) in [6.45, 7) is 2.39. The Bertz CT molecular complexity index is 824. The van der Waals surface area contributed by atoms with Crippen LogP contribution in [0.15, 0.2) is 0 Å². The van der Waals surface area contributed by atoms with Crippen LogP contribution in [0.1, 0.15) is 26.7 Å². The molecule has 16 heavy (non-hydrogen) atoms. The van der Waals surface area contributed by atoms with Crippen LogP contribution in [0.2, 0.25) is 47.7 Å². The Morgan fingerprint density at radius 3 is 1.44 bits per heavy atom. The molecule has 0 aromatic heterocycles. The maximum atomic E-state index is 2.53. The molecule has 10 fully saturated rings. The molecule has 10 aliphatic heterocycles. The van der Waals surface area contributed by atoms with Gasteiger partial charge in [-0.3, -0.25) is 0 Å². The zero-order valence-corrected chi connectivity index (χ0v) is 11.1. The Morgan fingerprint density at radius 2 is 1.25 bits per heavy atom. The van der Waals surface area contributed by atoms with Crippen molar-refractivity contribution in [3.63, 3.8) is 0 Å². The van der Waals surface area contributed by atoms with Gasteiger partial charge >= 0.3 is 86.8 Å². The molecule has 0 aromatic carbocycles. The zero-order chi connectivity index (χ0) is 10.0. The van der Waals surface area contributed by atoms with Crippen molar-refractivity contribution in [1.29, 1.82) is 0 Å². The molecule has 4 atom stereocenters. The second-order valence-electron chi connectivity index (χ2n) is 11.3. The molecule has 4 unspecified atom stereocenters. The van der Waals surface area contributed by atoms with Gasteiger partial charge in [-0.05, 0) is 0 Å². The van der Waals surface area contributed by atoms with E-state index in [1.807, 2.05) is 0 Å². The fraction of sp³-hybridized carbons (Fsp3) is 1.00. The van der Waals surface area contributed by atoms with Crippen LogP contribution in [-0.4, -0.2) is 0 Å². The minimum absolute atomic E-state index is 1.21. The van der Waals surface area contributed by atoms with E-state index in [1.165, 1.54) is 19.9 Å². The van der Waals surface area contributed by atoms with Gasteiger partial charge in [0, 0.05) is 0 Å². The van der Waals surface area contributed by atoms with Gasteiger partial charge in [0.1, 0.15) is 0 Å². The van der Waals surface area contributed by atoms with E-state index < -0.39 is 6.51 Å². The van der Waals surface area contributed by atoms with Crippen LogP contribution in [0.4, 0.5) is 0 Å². The first-order chi connectivity index (χ1) is 7.56. The Morgan fingerprint density at radius 1 is 0.812 bits per heavy atom. The monoisotopic (exact) mass is 256 g/mol. The fourth-order valence-corrected chi connectivity index (χ4v) is 94.3. The number of fused-ring (bicyclic) bond motifs is 10. The Kier molecular flexibility index (Phi) is 0.179. The van der Waals surface area contributed by atoms with E-state index in [0.717, 1.165) is 0 Å². The molecule has 0 aliphatic carbocycles. The van der Waals surface area contributed by atoms with Crippen LogP contribution < -0.4 is 0 Å². The van der Waals surface area contributed by atoms with Gasteiger partial charge in [0.15, 0.2) is 0 Å². The molecule has 10 heterocycles. The van der Waals surface area contributed by atoms with E-state index in [9.17, 15) is 0 Å². The third-order valence-corrected chi connectivity index (χ3v) is 59.2. The normalized spacial score (nSPS) is 126. The molecule has 10 saturated heterocycles. The van der Waals surface area contributed by atoms with Crippen molar-refractivity contribution in [2.24, 2.45) is 5.92 Å². The summed E-state index contributed by atoms with van der Waals surface area (Å²) in [6, 6.07) is 0. The molecule has 10 rings (SSSR count). The van der Waals surface area contributed by atoms with Gasteiger partial charge < -0.3 is 0 Å². The van der Waals surface area contributed by atoms with E-state index in [-0.39, 0.29) is 0 Å². The summed E-state index contributed by atoms with van der Waals surface area (Å²) in [7, 11) is 0. The van der Waals surface area contributed by atoms with Crippen molar-refractivity contribution in [3.8, 4) is 0 Å². The second-order valence-corrected chi connectivity index (χ2v) is 34.9. The van der Waals surface area contributed by atoms with E-state index in [2.05, 4.69) is 13.8 Å². The molecule has 0 N–H and O–H groups in total. The summed E-state index contributed by atoms with van der Waals surface area (Å²) in [5.74, 6) is 1.24. The molecule has 0 aromatic rings. The van der Waals surface area contributed by atoms with Crippen LogP contribution in [0, 0.1) is 5.92 Å². The topological polar surface area (TPSA) is 0 Å². The molecular formula is C15H20Fe. The van der Waals surface area contributed by atoms with E-state index in [1.54, 1.807) is 46.6 Å². The van der Waals surface area contributed by atoms with Crippen molar-refractivity contribution in [3.05, 3.63) is 0 Å². The minimum atomic E-state index is -2.66. The van der Waals surface area contributed by atoms with Crippen LogP contribution in [0.25, 0.3) is 0 Å². The Labute approximate surface area is 86.8 Å². The predicted octanol–water partition coefficient (Wildman–Crippen LogP) is 5.18. The molecule has 1 spiro atoms. The molecule has 0 nitrogen and oxygen atoms in total. The average molecular weight is 256 g/mol. The van der Waals surface area contributed by atoms with Crippen molar-refractivity contribution in [1.82, 2.24) is 0 Å². The van der Waals surface area contributed by atoms with Crippen molar-refractivity contribution < 1.29 is 6.51 Å². The van der Waals surface area contributed by atoms with Gasteiger partial charge in [0.2, 0.25) is 0 Å². The van der Waals surface area contributed by atoms with Gasteiger partial charge in [-0.2, -0.15) is 0 Å². The van der Waals surface area contributed by atoms with Gasteiger partial charge in [-0.1, -0.05) is 0 Å². The molecule has 0 saturated carbocycles. The van der Waals surface area contributed by atoms with E-state index in [4.69, 9.17) is 0 Å². The van der Waals surface area contributed by atoms with Crippen LogP contribution in [-0.2, 0) is 6.51 Å². The fourth-order valence-electron chi connectivity index (χ4n) is 18.4. The van der Waals surface area contributed by atoms with Gasteiger partial charge in [0.05, 0.1) is 0 Å². The Balaban J connectivity index is 1.66. The molecule has 0 radical (unpaired) electrons. The first-order valence-corrected chi connectivity index (χ1v) is 14.1. The third kappa shape index (κ3) is 0.0531. The Hall–Kier alpha value is 0.519. The molecule has 0 amide bonds. The number of hydrogen-bond acceptors (Lipinski definition) is 0. The van der Waals surface area contributed by atoms with Crippen molar-refractivity contribution in [2.45, 2.75) is 74.3 Å². The predicted molar refractivity (Wildman–Crippen MR) is 60.5 cm³/mol. The molecule has 88 valence electrons. The molecular weight excluding hydrogens is 236 g/mol. The van der Waals surface area contributed by atoms with Crippen LogP contribution in [0.3, 0.4) is 0 Å². The SMILES string of the molecule is CCC(CC)[C]12[CH]3[CH]4[CH]5[CH]1[Fe]45321678[CH]2[CH]1[CH]6[CH]7[CH]28. The first kappa shape index (κ1) is 6.11. The maximum absolute atomic E-state index is 2.66. The quantitative estimate of drug-likeness (QED) is 0.610. The first-order valence-electron chi connectivity index (χ1n) is 7.78. The van der Waals surface area contributed by atoms with Crippen molar-refractivity contribution >= 4 is 0 Å². The van der Waals surface area contributed by atoms with Gasteiger partial charge in [0.25, 0.3) is 0 Å². The summed E-state index contributed by atoms with van der Waals surface area (Å²) < 4.78 is 1.21. The summed E-state index contributed by atoms with van der Waals surface area (Å²) in [5.41, 5.74) is 0. The van der Waals surface area contributed by atoms with Crippen molar-refractivity contribution in [2.75, 3.05) is 0 Å². The summed E-state index contributed by atoms with van der Waals surface area (Å²) >= 11 is 0. The van der Waals surface area contributed by atoms with Crippen LogP contribution >= 0.6 is 0 Å². The standard InChI is InChI=1S/C10H15.C5H5.Fe/c1-3-9(4-2)10-7-5-6-8-10;1-2-4-5-3-1;/h5-9H,3-4H2,1-2H3;1-5H;. The van der Waals surface area contributed by atoms with E-state index >= 15 is 0 Å². The number of rotatable bonds is 3. The molecule has 1 heteroatoms. The summed E-state index contributed by atoms with van der Waals surface area (Å²) in [5, 5.41) is 0. The molecule has 0 bridgehead atoms. The molecule has 10 aliphatic rings. The zero-order valence-electron chi connectivity index (χ0n) is 10.0. The number of hydrogen-bond donors (Lipinski definition) is 0. The summed E-state index contributed by atoms with van der Waals surface area (Å²) in [4.78, 5) is 13.9. The summed E-state index contributed by atoms with van der Waals surface area (Å²) in [6.07, 6.45) is 3.11. The average Bonchev–Trinajstić information content (AvgIpc) is 3.25. The van der Waals surface area contributed by atoms with Crippen LogP contribution in [0.5, 0.6) is 0 Å². The van der Waals surface area contributed by atoms with Gasteiger partial charge in [-0.15, -0.1) is 0 Å². The van der Waals surface area contributed by atoms with Gasteiger partial charge in [-0.25, -0.2) is 0 Å².